The zero-order chi connectivity index (χ0) is 21.4. The van der Waals surface area contributed by atoms with E-state index in [1.807, 2.05) is 54.6 Å². The van der Waals surface area contributed by atoms with Gasteiger partial charge in [0.1, 0.15) is 5.75 Å². The number of ether oxygens (including phenoxy) is 3. The molecule has 0 aliphatic carbocycles. The van der Waals surface area contributed by atoms with Gasteiger partial charge in [0.25, 0.3) is 0 Å². The topological polar surface area (TPSA) is 60.0 Å². The molecule has 4 rings (SSSR count). The molecule has 2 aliphatic heterocycles. The first kappa shape index (κ1) is 21.8. The van der Waals surface area contributed by atoms with Crippen LogP contribution in [-0.2, 0) is 19.7 Å². The molecule has 0 unspecified atom stereocenters. The fraction of sp³-hybridized carbons (Fsp3) is 0.480. The molecule has 0 spiro atoms. The molecular formula is C25H32N2O4. The third kappa shape index (κ3) is 5.64. The van der Waals surface area contributed by atoms with Crippen molar-refractivity contribution in [1.29, 1.82) is 0 Å². The Labute approximate surface area is 184 Å². The molecule has 0 saturated carbocycles. The second-order valence-corrected chi connectivity index (χ2v) is 8.20. The van der Waals surface area contributed by atoms with E-state index < -0.39 is 5.41 Å². The van der Waals surface area contributed by atoms with Crippen LogP contribution < -0.4 is 10.1 Å². The van der Waals surface area contributed by atoms with Gasteiger partial charge in [0.05, 0.1) is 25.2 Å². The van der Waals surface area contributed by atoms with Crippen LogP contribution in [0.4, 0.5) is 5.69 Å². The van der Waals surface area contributed by atoms with Gasteiger partial charge >= 0.3 is 0 Å². The van der Waals surface area contributed by atoms with Gasteiger partial charge in [0, 0.05) is 38.5 Å². The van der Waals surface area contributed by atoms with E-state index >= 15 is 0 Å². The van der Waals surface area contributed by atoms with Crippen molar-refractivity contribution in [3.05, 3.63) is 60.2 Å². The maximum absolute atomic E-state index is 13.3. The first-order valence-electron chi connectivity index (χ1n) is 11.2. The second-order valence-electron chi connectivity index (χ2n) is 8.20. The molecule has 1 amide bonds. The third-order valence-corrected chi connectivity index (χ3v) is 6.21. The molecule has 0 bridgehead atoms. The number of carbonyl (C=O) groups is 1. The van der Waals surface area contributed by atoms with Gasteiger partial charge in [-0.2, -0.15) is 0 Å². The van der Waals surface area contributed by atoms with E-state index in [0.29, 0.717) is 32.7 Å². The van der Waals surface area contributed by atoms with Crippen LogP contribution >= 0.6 is 0 Å². The number of benzene rings is 2. The van der Waals surface area contributed by atoms with Crippen LogP contribution in [-0.4, -0.2) is 63.5 Å². The van der Waals surface area contributed by atoms with Crippen molar-refractivity contribution in [1.82, 2.24) is 4.90 Å². The van der Waals surface area contributed by atoms with E-state index in [1.165, 1.54) is 0 Å². The Morgan fingerprint density at radius 2 is 1.61 bits per heavy atom. The lowest BCUT2D eigenvalue weighted by molar-refractivity contribution is -0.125. The highest BCUT2D eigenvalue weighted by Crippen LogP contribution is 2.36. The second kappa shape index (κ2) is 10.8. The standard InChI is InChI=1S/C25H32N2O4/c28-24(25(11-17-29-18-12-25)21-5-2-1-3-6-21)26-22-7-9-23(10-8-22)31-16-4-13-27-14-19-30-20-15-27/h1-3,5-10H,4,11-20H2,(H,26,28). The van der Waals surface area contributed by atoms with Gasteiger partial charge in [-0.15, -0.1) is 0 Å². The SMILES string of the molecule is O=C(Nc1ccc(OCCCN2CCOCC2)cc1)C1(c2ccccc2)CCOCC1. The lowest BCUT2D eigenvalue weighted by Gasteiger charge is -2.36. The summed E-state index contributed by atoms with van der Waals surface area (Å²) in [5.74, 6) is 0.852. The number of morpholine rings is 1. The number of hydrogen-bond donors (Lipinski definition) is 1. The predicted octanol–water partition coefficient (Wildman–Crippen LogP) is 3.47. The normalized spacial score (nSPS) is 19.0. The Bertz CT molecular complexity index is 813. The quantitative estimate of drug-likeness (QED) is 0.658. The zero-order valence-corrected chi connectivity index (χ0v) is 18.1. The highest BCUT2D eigenvalue weighted by molar-refractivity contribution is 5.99. The Balaban J connectivity index is 1.30. The summed E-state index contributed by atoms with van der Waals surface area (Å²) in [6.07, 6.45) is 2.36. The van der Waals surface area contributed by atoms with Gasteiger partial charge in [-0.1, -0.05) is 30.3 Å². The molecule has 166 valence electrons. The van der Waals surface area contributed by atoms with Crippen molar-refractivity contribution in [3.8, 4) is 5.75 Å². The molecule has 2 saturated heterocycles. The third-order valence-electron chi connectivity index (χ3n) is 6.21. The van der Waals surface area contributed by atoms with Gasteiger partial charge in [-0.25, -0.2) is 0 Å². The number of carbonyl (C=O) groups excluding carboxylic acids is 1. The average Bonchev–Trinajstić information content (AvgIpc) is 2.84. The average molecular weight is 425 g/mol. The number of nitrogens with zero attached hydrogens (tertiary/aromatic N) is 1. The first-order chi connectivity index (χ1) is 15.3. The van der Waals surface area contributed by atoms with Crippen LogP contribution in [0, 0.1) is 0 Å². The fourth-order valence-electron chi connectivity index (χ4n) is 4.31. The van der Waals surface area contributed by atoms with Crippen LogP contribution in [0.5, 0.6) is 5.75 Å². The first-order valence-corrected chi connectivity index (χ1v) is 11.2. The van der Waals surface area contributed by atoms with Crippen molar-refractivity contribution in [2.24, 2.45) is 0 Å². The lowest BCUT2D eigenvalue weighted by Crippen LogP contribution is -2.44. The predicted molar refractivity (Wildman–Crippen MR) is 121 cm³/mol. The molecule has 2 aromatic rings. The molecule has 31 heavy (non-hydrogen) atoms. The largest absolute Gasteiger partial charge is 0.494 e. The van der Waals surface area contributed by atoms with Crippen molar-refractivity contribution in [2.75, 3.05) is 58.0 Å². The molecule has 0 aromatic heterocycles. The minimum Gasteiger partial charge on any atom is -0.494 e. The maximum atomic E-state index is 13.3. The fourth-order valence-corrected chi connectivity index (χ4v) is 4.31. The molecule has 0 atom stereocenters. The Morgan fingerprint density at radius 1 is 0.935 bits per heavy atom. The van der Waals surface area contributed by atoms with Crippen molar-refractivity contribution in [2.45, 2.75) is 24.7 Å². The van der Waals surface area contributed by atoms with Gasteiger partial charge in [0.15, 0.2) is 0 Å². The van der Waals surface area contributed by atoms with Crippen LogP contribution in [0.25, 0.3) is 0 Å². The van der Waals surface area contributed by atoms with Crippen LogP contribution in [0.1, 0.15) is 24.8 Å². The van der Waals surface area contributed by atoms with Crippen LogP contribution in [0.2, 0.25) is 0 Å². The Hall–Kier alpha value is -2.41. The summed E-state index contributed by atoms with van der Waals surface area (Å²) < 4.78 is 16.8. The highest BCUT2D eigenvalue weighted by Gasteiger charge is 2.41. The lowest BCUT2D eigenvalue weighted by atomic mass is 9.73. The molecule has 1 N–H and O–H groups in total. The van der Waals surface area contributed by atoms with Gasteiger partial charge < -0.3 is 19.5 Å². The van der Waals surface area contributed by atoms with Gasteiger partial charge in [-0.05, 0) is 49.1 Å². The van der Waals surface area contributed by atoms with Gasteiger partial charge in [0.2, 0.25) is 5.91 Å². The molecule has 6 nitrogen and oxygen atoms in total. The van der Waals surface area contributed by atoms with E-state index in [4.69, 9.17) is 14.2 Å². The molecular weight excluding hydrogens is 392 g/mol. The van der Waals surface area contributed by atoms with E-state index in [2.05, 4.69) is 10.2 Å². The molecule has 2 aromatic carbocycles. The van der Waals surface area contributed by atoms with Crippen molar-refractivity contribution in [3.63, 3.8) is 0 Å². The van der Waals surface area contributed by atoms with Crippen molar-refractivity contribution < 1.29 is 19.0 Å². The summed E-state index contributed by atoms with van der Waals surface area (Å²) in [5, 5.41) is 3.12. The Morgan fingerprint density at radius 3 is 2.32 bits per heavy atom. The number of amides is 1. The molecule has 2 fully saturated rings. The van der Waals surface area contributed by atoms with Crippen LogP contribution in [0.3, 0.4) is 0 Å². The van der Waals surface area contributed by atoms with Gasteiger partial charge in [-0.3, -0.25) is 9.69 Å². The van der Waals surface area contributed by atoms with E-state index in [-0.39, 0.29) is 5.91 Å². The number of anilines is 1. The smallest absolute Gasteiger partial charge is 0.235 e. The number of nitrogens with one attached hydrogen (secondary N) is 1. The zero-order valence-electron chi connectivity index (χ0n) is 18.1. The molecule has 0 radical (unpaired) electrons. The minimum absolute atomic E-state index is 0.0289. The van der Waals surface area contributed by atoms with Crippen molar-refractivity contribution >= 4 is 11.6 Å². The molecule has 2 heterocycles. The molecule has 2 aliphatic rings. The summed E-state index contributed by atoms with van der Waals surface area (Å²) in [7, 11) is 0. The summed E-state index contributed by atoms with van der Waals surface area (Å²) in [6, 6.07) is 17.7. The summed E-state index contributed by atoms with van der Waals surface area (Å²) in [4.78, 5) is 15.7. The molecule has 6 heteroatoms. The van der Waals surface area contributed by atoms with E-state index in [0.717, 1.165) is 56.3 Å². The summed E-state index contributed by atoms with van der Waals surface area (Å²) >= 11 is 0. The van der Waals surface area contributed by atoms with E-state index in [9.17, 15) is 4.79 Å². The summed E-state index contributed by atoms with van der Waals surface area (Å²) in [6.45, 7) is 6.57. The number of rotatable bonds is 8. The monoisotopic (exact) mass is 424 g/mol. The maximum Gasteiger partial charge on any atom is 0.235 e. The number of hydrogen-bond acceptors (Lipinski definition) is 5. The Kier molecular flexibility index (Phi) is 7.57. The minimum atomic E-state index is -0.547. The van der Waals surface area contributed by atoms with Crippen LogP contribution in [0.15, 0.2) is 54.6 Å². The van der Waals surface area contributed by atoms with E-state index in [1.54, 1.807) is 0 Å². The summed E-state index contributed by atoms with van der Waals surface area (Å²) in [5.41, 5.74) is 1.29. The highest BCUT2D eigenvalue weighted by atomic mass is 16.5.